The number of hydrogen-bond donors (Lipinski definition) is 1. The van der Waals surface area contributed by atoms with Gasteiger partial charge in [0.2, 0.25) is 0 Å². The van der Waals surface area contributed by atoms with Crippen molar-refractivity contribution in [2.45, 2.75) is 19.9 Å². The predicted molar refractivity (Wildman–Crippen MR) is 72.2 cm³/mol. The maximum Gasteiger partial charge on any atom is 0.302 e. The summed E-state index contributed by atoms with van der Waals surface area (Å²) in [6.45, 7) is 2.40. The van der Waals surface area contributed by atoms with Gasteiger partial charge >= 0.3 is 5.97 Å². The Kier molecular flexibility index (Phi) is 3.95. The monoisotopic (exact) mass is 243 g/mol. The lowest BCUT2D eigenvalue weighted by Crippen LogP contribution is -2.03. The van der Waals surface area contributed by atoms with Gasteiger partial charge in [-0.2, -0.15) is 0 Å². The smallest absolute Gasteiger partial charge is 0.302 e. The molecule has 3 heteroatoms. The Morgan fingerprint density at radius 1 is 1.11 bits per heavy atom. The molecule has 0 amide bonds. The molecule has 2 aromatic rings. The van der Waals surface area contributed by atoms with Gasteiger partial charge in [-0.3, -0.25) is 4.79 Å². The Bertz CT molecular complexity index is 563. The highest BCUT2D eigenvalue weighted by atomic mass is 16.5. The minimum absolute atomic E-state index is 0.235. The fourth-order valence-corrected chi connectivity index (χ4v) is 1.94. The van der Waals surface area contributed by atoms with Crippen molar-refractivity contribution in [2.75, 3.05) is 6.61 Å². The number of ether oxygens (including phenoxy) is 1. The van der Waals surface area contributed by atoms with Crippen LogP contribution in [-0.2, 0) is 22.5 Å². The number of carbonyl (C=O) groups is 1. The zero-order valence-corrected chi connectivity index (χ0v) is 10.5. The van der Waals surface area contributed by atoms with E-state index in [0.717, 1.165) is 17.5 Å². The number of rotatable bonds is 4. The Hall–Kier alpha value is -1.87. The fourth-order valence-electron chi connectivity index (χ4n) is 1.94. The molecule has 0 saturated heterocycles. The molecule has 0 aliphatic heterocycles. The van der Waals surface area contributed by atoms with Crippen molar-refractivity contribution >= 4 is 16.7 Å². The van der Waals surface area contributed by atoms with Gasteiger partial charge in [0.25, 0.3) is 0 Å². The van der Waals surface area contributed by atoms with Crippen molar-refractivity contribution in [3.05, 3.63) is 47.5 Å². The summed E-state index contributed by atoms with van der Waals surface area (Å²) in [7, 11) is 0. The summed E-state index contributed by atoms with van der Waals surface area (Å²) < 4.78 is 4.94. The van der Waals surface area contributed by atoms with Gasteiger partial charge < -0.3 is 10.5 Å². The van der Waals surface area contributed by atoms with E-state index in [2.05, 4.69) is 30.3 Å². The van der Waals surface area contributed by atoms with Crippen LogP contribution in [-0.4, -0.2) is 12.6 Å². The zero-order valence-electron chi connectivity index (χ0n) is 10.5. The second kappa shape index (κ2) is 5.65. The van der Waals surface area contributed by atoms with E-state index in [4.69, 9.17) is 10.5 Å². The molecule has 0 unspecified atom stereocenters. The zero-order chi connectivity index (χ0) is 13.0. The quantitative estimate of drug-likeness (QED) is 0.839. The molecule has 0 heterocycles. The topological polar surface area (TPSA) is 52.3 Å². The van der Waals surface area contributed by atoms with Crippen molar-refractivity contribution in [3.63, 3.8) is 0 Å². The fraction of sp³-hybridized carbons (Fsp3) is 0.267. The van der Waals surface area contributed by atoms with Crippen LogP contribution in [0.4, 0.5) is 0 Å². The largest absolute Gasteiger partial charge is 0.466 e. The van der Waals surface area contributed by atoms with E-state index in [1.807, 2.05) is 6.07 Å². The van der Waals surface area contributed by atoms with Crippen LogP contribution in [0.25, 0.3) is 10.8 Å². The van der Waals surface area contributed by atoms with Crippen LogP contribution in [0, 0.1) is 0 Å². The molecule has 94 valence electrons. The molecule has 0 aliphatic carbocycles. The van der Waals surface area contributed by atoms with Gasteiger partial charge in [0.1, 0.15) is 0 Å². The van der Waals surface area contributed by atoms with E-state index in [-0.39, 0.29) is 5.97 Å². The van der Waals surface area contributed by atoms with Crippen molar-refractivity contribution in [1.29, 1.82) is 0 Å². The second-order valence-electron chi connectivity index (χ2n) is 4.31. The first-order valence-corrected chi connectivity index (χ1v) is 6.04. The Morgan fingerprint density at radius 3 is 2.44 bits per heavy atom. The second-order valence-corrected chi connectivity index (χ2v) is 4.31. The molecule has 0 atom stereocenters. The molecule has 3 nitrogen and oxygen atoms in total. The molecule has 2 aromatic carbocycles. The maximum absolute atomic E-state index is 10.7. The van der Waals surface area contributed by atoms with Crippen molar-refractivity contribution in [1.82, 2.24) is 0 Å². The molecule has 0 aromatic heterocycles. The number of carbonyl (C=O) groups excluding carboxylic acids is 1. The van der Waals surface area contributed by atoms with Crippen LogP contribution >= 0.6 is 0 Å². The van der Waals surface area contributed by atoms with Crippen LogP contribution in [0.15, 0.2) is 36.4 Å². The van der Waals surface area contributed by atoms with Crippen LogP contribution in [0.1, 0.15) is 18.1 Å². The highest BCUT2D eigenvalue weighted by molar-refractivity contribution is 5.83. The Morgan fingerprint density at radius 2 is 1.78 bits per heavy atom. The molecule has 0 saturated carbocycles. The van der Waals surface area contributed by atoms with Gasteiger partial charge in [0, 0.05) is 19.9 Å². The summed E-state index contributed by atoms with van der Waals surface area (Å²) >= 11 is 0. The van der Waals surface area contributed by atoms with Gasteiger partial charge in [-0.15, -0.1) is 0 Å². The summed E-state index contributed by atoms with van der Waals surface area (Å²) in [4.78, 5) is 10.7. The van der Waals surface area contributed by atoms with E-state index < -0.39 is 0 Å². The maximum atomic E-state index is 10.7. The van der Waals surface area contributed by atoms with Crippen molar-refractivity contribution in [2.24, 2.45) is 5.73 Å². The molecular weight excluding hydrogens is 226 g/mol. The number of hydrogen-bond acceptors (Lipinski definition) is 3. The minimum atomic E-state index is -0.235. The lowest BCUT2D eigenvalue weighted by molar-refractivity contribution is -0.140. The van der Waals surface area contributed by atoms with Crippen LogP contribution in [0.5, 0.6) is 0 Å². The third-order valence-electron chi connectivity index (χ3n) is 2.90. The summed E-state index contributed by atoms with van der Waals surface area (Å²) in [5, 5.41) is 2.38. The van der Waals surface area contributed by atoms with Crippen LogP contribution in [0.2, 0.25) is 0 Å². The third-order valence-corrected chi connectivity index (χ3v) is 2.90. The molecule has 0 aliphatic rings. The standard InChI is InChI=1S/C15H17NO2/c1-11(17)18-7-6-12-2-4-14-5-3-13(10-16)9-15(14)8-12/h2-5,8-9H,6-7,10,16H2,1H3. The van der Waals surface area contributed by atoms with E-state index in [1.54, 1.807) is 0 Å². The molecular formula is C15H17NO2. The van der Waals surface area contributed by atoms with Crippen molar-refractivity contribution in [3.8, 4) is 0 Å². The van der Waals surface area contributed by atoms with Gasteiger partial charge in [0.05, 0.1) is 6.61 Å². The number of fused-ring (bicyclic) bond motifs is 1. The highest BCUT2D eigenvalue weighted by Gasteiger charge is 2.00. The molecule has 2 rings (SSSR count). The minimum Gasteiger partial charge on any atom is -0.466 e. The summed E-state index contributed by atoms with van der Waals surface area (Å²) in [5.41, 5.74) is 7.92. The van der Waals surface area contributed by atoms with Crippen LogP contribution in [0.3, 0.4) is 0 Å². The SMILES string of the molecule is CC(=O)OCCc1ccc2ccc(CN)cc2c1. The number of benzene rings is 2. The molecule has 2 N–H and O–H groups in total. The van der Waals surface area contributed by atoms with Gasteiger partial charge in [-0.05, 0) is 28.0 Å². The van der Waals surface area contributed by atoms with Gasteiger partial charge in [-0.1, -0.05) is 30.3 Å². The average molecular weight is 243 g/mol. The first-order chi connectivity index (χ1) is 8.69. The number of esters is 1. The third kappa shape index (κ3) is 3.08. The molecule has 0 radical (unpaired) electrons. The van der Waals surface area contributed by atoms with E-state index in [1.165, 1.54) is 17.7 Å². The van der Waals surface area contributed by atoms with E-state index in [9.17, 15) is 4.79 Å². The van der Waals surface area contributed by atoms with Gasteiger partial charge in [-0.25, -0.2) is 0 Å². The van der Waals surface area contributed by atoms with E-state index >= 15 is 0 Å². The molecule has 0 fully saturated rings. The normalized spacial score (nSPS) is 10.6. The molecule has 0 spiro atoms. The van der Waals surface area contributed by atoms with E-state index in [0.29, 0.717) is 13.2 Å². The first kappa shape index (κ1) is 12.6. The Balaban J connectivity index is 2.17. The lowest BCUT2D eigenvalue weighted by Gasteiger charge is -2.06. The first-order valence-electron chi connectivity index (χ1n) is 6.04. The summed E-state index contributed by atoms with van der Waals surface area (Å²) in [6.07, 6.45) is 0.738. The molecule has 18 heavy (non-hydrogen) atoms. The summed E-state index contributed by atoms with van der Waals surface area (Å²) in [5.74, 6) is -0.235. The average Bonchev–Trinajstić information content (AvgIpc) is 2.37. The molecule has 0 bridgehead atoms. The van der Waals surface area contributed by atoms with Crippen molar-refractivity contribution < 1.29 is 9.53 Å². The number of nitrogens with two attached hydrogens (primary N) is 1. The summed E-state index contributed by atoms with van der Waals surface area (Å²) in [6, 6.07) is 12.5. The lowest BCUT2D eigenvalue weighted by atomic mass is 10.0. The van der Waals surface area contributed by atoms with Crippen LogP contribution < -0.4 is 5.73 Å². The highest BCUT2D eigenvalue weighted by Crippen LogP contribution is 2.18. The Labute approximate surface area is 107 Å². The van der Waals surface area contributed by atoms with Gasteiger partial charge in [0.15, 0.2) is 0 Å². The predicted octanol–water partition coefficient (Wildman–Crippen LogP) is 2.40.